The molecule has 3 aromatic rings. The topological polar surface area (TPSA) is 67.7 Å². The molecular weight excluding hydrogens is 300 g/mol. The number of rotatable bonds is 4. The van der Waals surface area contributed by atoms with Crippen molar-refractivity contribution in [2.24, 2.45) is 7.05 Å². The van der Waals surface area contributed by atoms with Gasteiger partial charge in [-0.05, 0) is 25.0 Å². The Morgan fingerprint density at radius 2 is 2.14 bits per heavy atom. The second kappa shape index (κ2) is 5.14. The first-order valence-electron chi connectivity index (χ1n) is 7.17. The number of hydrogen-bond donors (Lipinski definition) is 2. The average molecular weight is 315 g/mol. The van der Waals surface area contributed by atoms with Crippen LogP contribution in [0.4, 0.5) is 17.5 Å². The normalized spacial score (nSPS) is 14.3. The lowest BCUT2D eigenvalue weighted by Crippen LogP contribution is -2.06. The van der Waals surface area contributed by atoms with Crippen molar-refractivity contribution in [3.8, 4) is 0 Å². The van der Waals surface area contributed by atoms with Crippen LogP contribution < -0.4 is 10.6 Å². The molecule has 4 rings (SSSR count). The molecule has 0 radical (unpaired) electrons. The van der Waals surface area contributed by atoms with E-state index in [1.807, 2.05) is 36.1 Å². The third kappa shape index (κ3) is 2.46. The van der Waals surface area contributed by atoms with Crippen LogP contribution in [-0.4, -0.2) is 25.8 Å². The highest BCUT2D eigenvalue weighted by atomic mass is 35.5. The van der Waals surface area contributed by atoms with Gasteiger partial charge in [0.05, 0.1) is 23.6 Å². The highest BCUT2D eigenvalue weighted by Gasteiger charge is 2.22. The summed E-state index contributed by atoms with van der Waals surface area (Å²) in [7, 11) is 1.92. The van der Waals surface area contributed by atoms with E-state index >= 15 is 0 Å². The molecule has 2 N–H and O–H groups in total. The van der Waals surface area contributed by atoms with Crippen molar-refractivity contribution in [1.82, 2.24) is 19.7 Å². The lowest BCUT2D eigenvalue weighted by atomic mass is 10.2. The van der Waals surface area contributed by atoms with Crippen LogP contribution in [0.5, 0.6) is 0 Å². The number of aromatic nitrogens is 4. The summed E-state index contributed by atoms with van der Waals surface area (Å²) >= 11 is 6.14. The number of anilines is 3. The lowest BCUT2D eigenvalue weighted by molar-refractivity contribution is 0.797. The Hall–Kier alpha value is -2.34. The molecule has 1 aliphatic rings. The molecule has 0 aliphatic heterocycles. The average Bonchev–Trinajstić information content (AvgIpc) is 3.25. The zero-order chi connectivity index (χ0) is 15.1. The fraction of sp³-hybridized carbons (Fsp3) is 0.267. The summed E-state index contributed by atoms with van der Waals surface area (Å²) in [5.41, 5.74) is 1.97. The van der Waals surface area contributed by atoms with Crippen LogP contribution in [0.1, 0.15) is 12.8 Å². The first kappa shape index (κ1) is 13.3. The van der Waals surface area contributed by atoms with E-state index < -0.39 is 0 Å². The van der Waals surface area contributed by atoms with E-state index in [-0.39, 0.29) is 0 Å². The predicted octanol–water partition coefficient (Wildman–Crippen LogP) is 3.33. The smallest absolute Gasteiger partial charge is 0.229 e. The molecule has 7 heteroatoms. The Morgan fingerprint density at radius 1 is 1.27 bits per heavy atom. The summed E-state index contributed by atoms with van der Waals surface area (Å²) in [5, 5.41) is 12.4. The molecule has 0 bridgehead atoms. The van der Waals surface area contributed by atoms with Crippen molar-refractivity contribution in [2.75, 3.05) is 10.6 Å². The molecule has 0 atom stereocenters. The van der Waals surface area contributed by atoms with Crippen LogP contribution >= 0.6 is 11.6 Å². The fourth-order valence-corrected chi connectivity index (χ4v) is 2.50. The molecule has 0 saturated heterocycles. The third-order valence-electron chi connectivity index (χ3n) is 3.70. The highest BCUT2D eigenvalue weighted by Crippen LogP contribution is 2.29. The van der Waals surface area contributed by atoms with Gasteiger partial charge in [0.25, 0.3) is 0 Å². The van der Waals surface area contributed by atoms with Gasteiger partial charge >= 0.3 is 0 Å². The summed E-state index contributed by atoms with van der Waals surface area (Å²) in [4.78, 5) is 8.72. The molecule has 0 spiro atoms. The van der Waals surface area contributed by atoms with Crippen LogP contribution in [0.25, 0.3) is 10.9 Å². The number of hydrogen-bond acceptors (Lipinski definition) is 5. The van der Waals surface area contributed by atoms with Gasteiger partial charge in [0.15, 0.2) is 5.82 Å². The van der Waals surface area contributed by atoms with Crippen LogP contribution in [0, 0.1) is 0 Å². The zero-order valence-corrected chi connectivity index (χ0v) is 12.8. The number of benzene rings is 1. The minimum Gasteiger partial charge on any atom is -0.366 e. The second-order valence-corrected chi connectivity index (χ2v) is 5.85. The molecule has 1 saturated carbocycles. The van der Waals surface area contributed by atoms with E-state index in [0.29, 0.717) is 22.8 Å². The van der Waals surface area contributed by atoms with Gasteiger partial charge in [0.2, 0.25) is 5.95 Å². The van der Waals surface area contributed by atoms with Gasteiger partial charge in [-0.1, -0.05) is 17.7 Å². The fourth-order valence-electron chi connectivity index (χ4n) is 2.36. The monoisotopic (exact) mass is 314 g/mol. The molecule has 2 aromatic heterocycles. The van der Waals surface area contributed by atoms with E-state index in [2.05, 4.69) is 25.7 Å². The zero-order valence-electron chi connectivity index (χ0n) is 12.0. The van der Waals surface area contributed by atoms with E-state index in [1.54, 1.807) is 6.20 Å². The minimum atomic E-state index is 0.488. The molecular formula is C15H15ClN6. The summed E-state index contributed by atoms with van der Waals surface area (Å²) in [6.07, 6.45) is 5.78. The number of halogens is 1. The molecule has 22 heavy (non-hydrogen) atoms. The first-order valence-corrected chi connectivity index (χ1v) is 7.55. The van der Waals surface area contributed by atoms with E-state index in [4.69, 9.17) is 11.6 Å². The van der Waals surface area contributed by atoms with Crippen molar-refractivity contribution in [1.29, 1.82) is 0 Å². The summed E-state index contributed by atoms with van der Waals surface area (Å²) in [6, 6.07) is 6.47. The summed E-state index contributed by atoms with van der Waals surface area (Å²) in [6.45, 7) is 0. The number of fused-ring (bicyclic) bond motifs is 1. The minimum absolute atomic E-state index is 0.488. The highest BCUT2D eigenvalue weighted by molar-refractivity contribution is 6.32. The van der Waals surface area contributed by atoms with Gasteiger partial charge in [-0.2, -0.15) is 10.1 Å². The maximum atomic E-state index is 6.14. The molecule has 1 aliphatic carbocycles. The largest absolute Gasteiger partial charge is 0.366 e. The summed E-state index contributed by atoms with van der Waals surface area (Å²) in [5.74, 6) is 1.20. The van der Waals surface area contributed by atoms with Gasteiger partial charge in [0, 0.05) is 18.5 Å². The standard InChI is InChI=1S/C15H15ClN6/c1-22-13-4-2-3-12(10(13)7-18-22)20-15-17-8-11(16)14(21-15)19-9-5-6-9/h2-4,7-9H,5-6H2,1H3,(H2,17,19,20,21). The molecule has 1 fully saturated rings. The lowest BCUT2D eigenvalue weighted by Gasteiger charge is -2.10. The third-order valence-corrected chi connectivity index (χ3v) is 3.98. The molecule has 112 valence electrons. The Kier molecular flexibility index (Phi) is 3.11. The number of nitrogens with one attached hydrogen (secondary N) is 2. The quantitative estimate of drug-likeness (QED) is 0.773. The second-order valence-electron chi connectivity index (χ2n) is 5.44. The van der Waals surface area contributed by atoms with Crippen LogP contribution in [0.2, 0.25) is 5.02 Å². The van der Waals surface area contributed by atoms with Crippen molar-refractivity contribution in [3.63, 3.8) is 0 Å². The predicted molar refractivity (Wildman–Crippen MR) is 87.7 cm³/mol. The Bertz CT molecular complexity index is 839. The maximum absolute atomic E-state index is 6.14. The molecule has 2 heterocycles. The number of nitrogens with zero attached hydrogens (tertiary/aromatic N) is 4. The molecule has 0 unspecified atom stereocenters. The van der Waals surface area contributed by atoms with E-state index in [0.717, 1.165) is 29.4 Å². The van der Waals surface area contributed by atoms with Crippen molar-refractivity contribution in [3.05, 3.63) is 35.6 Å². The molecule has 0 amide bonds. The van der Waals surface area contributed by atoms with E-state index in [1.165, 1.54) is 0 Å². The van der Waals surface area contributed by atoms with Gasteiger partial charge in [-0.3, -0.25) is 4.68 Å². The summed E-state index contributed by atoms with van der Waals surface area (Å²) < 4.78 is 1.84. The van der Waals surface area contributed by atoms with Crippen LogP contribution in [0.15, 0.2) is 30.6 Å². The van der Waals surface area contributed by atoms with Gasteiger partial charge in [-0.15, -0.1) is 0 Å². The van der Waals surface area contributed by atoms with Gasteiger partial charge in [0.1, 0.15) is 5.02 Å². The number of aryl methyl sites for hydroxylation is 1. The maximum Gasteiger partial charge on any atom is 0.229 e. The Labute approximate surface area is 132 Å². The Balaban J connectivity index is 1.67. The van der Waals surface area contributed by atoms with Crippen LogP contribution in [-0.2, 0) is 7.05 Å². The Morgan fingerprint density at radius 3 is 2.95 bits per heavy atom. The van der Waals surface area contributed by atoms with Crippen LogP contribution in [0.3, 0.4) is 0 Å². The van der Waals surface area contributed by atoms with Crippen molar-refractivity contribution in [2.45, 2.75) is 18.9 Å². The van der Waals surface area contributed by atoms with Crippen molar-refractivity contribution >= 4 is 40.0 Å². The van der Waals surface area contributed by atoms with E-state index in [9.17, 15) is 0 Å². The van der Waals surface area contributed by atoms with Gasteiger partial charge < -0.3 is 10.6 Å². The van der Waals surface area contributed by atoms with Crippen molar-refractivity contribution < 1.29 is 0 Å². The molecule has 6 nitrogen and oxygen atoms in total. The van der Waals surface area contributed by atoms with Gasteiger partial charge in [-0.25, -0.2) is 4.98 Å². The SMILES string of the molecule is Cn1ncc2c(Nc3ncc(Cl)c(NC4CC4)n3)cccc21. The molecule has 1 aromatic carbocycles. The first-order chi connectivity index (χ1) is 10.7.